The molecule has 4 heterocycles. The largest absolute Gasteiger partial charge is 0.443 e. The van der Waals surface area contributed by atoms with Gasteiger partial charge in [0.25, 0.3) is 0 Å². The molecule has 2 aromatic carbocycles. The molecule has 3 saturated heterocycles. The molecule has 0 saturated carbocycles. The molecule has 7 atom stereocenters. The fourth-order valence-corrected chi connectivity index (χ4v) is 8.18. The number of ether oxygens (including phenoxy) is 4. The maximum atomic E-state index is 13.9. The quantitative estimate of drug-likeness (QED) is 0.303. The van der Waals surface area contributed by atoms with Crippen molar-refractivity contribution in [3.8, 4) is 0 Å². The van der Waals surface area contributed by atoms with Crippen molar-refractivity contribution in [1.82, 2.24) is 14.6 Å². The normalized spacial score (nSPS) is 25.9. The summed E-state index contributed by atoms with van der Waals surface area (Å²) in [7, 11) is -4.02. The number of alkyl carbamates (subject to hydrolysis) is 1. The van der Waals surface area contributed by atoms with Gasteiger partial charge in [-0.15, -0.1) is 11.3 Å². The van der Waals surface area contributed by atoms with Crippen molar-refractivity contribution in [2.75, 3.05) is 26.3 Å². The van der Waals surface area contributed by atoms with Crippen molar-refractivity contribution in [2.24, 2.45) is 11.8 Å². The zero-order valence-corrected chi connectivity index (χ0v) is 26.0. The lowest BCUT2D eigenvalue weighted by atomic mass is 9.99. The summed E-state index contributed by atoms with van der Waals surface area (Å²) in [6, 6.07) is 9.50. The molecule has 0 radical (unpaired) electrons. The highest BCUT2D eigenvalue weighted by molar-refractivity contribution is 7.89. The highest BCUT2D eigenvalue weighted by atomic mass is 32.2. The van der Waals surface area contributed by atoms with Crippen LogP contribution in [0, 0.1) is 17.7 Å². The van der Waals surface area contributed by atoms with E-state index in [1.807, 2.05) is 13.8 Å². The lowest BCUT2D eigenvalue weighted by molar-refractivity contribution is -0.231. The van der Waals surface area contributed by atoms with Crippen molar-refractivity contribution < 1.29 is 41.7 Å². The Morgan fingerprint density at radius 1 is 1.20 bits per heavy atom. The molecule has 11 nitrogen and oxygen atoms in total. The minimum atomic E-state index is -4.02. The van der Waals surface area contributed by atoms with Crippen LogP contribution < -0.4 is 5.32 Å². The van der Waals surface area contributed by atoms with Crippen LogP contribution in [0.1, 0.15) is 25.8 Å². The van der Waals surface area contributed by atoms with Crippen LogP contribution in [0.5, 0.6) is 0 Å². The van der Waals surface area contributed by atoms with E-state index in [0.29, 0.717) is 24.1 Å². The van der Waals surface area contributed by atoms with E-state index >= 15 is 0 Å². The first-order valence-corrected chi connectivity index (χ1v) is 17.0. The number of carbonyl (C=O) groups is 1. The summed E-state index contributed by atoms with van der Waals surface area (Å²) in [6.07, 6.45) is -3.26. The SMILES string of the molecule is CC(C)CCN(C[C@@H](O)[C@H](Cc1ccc(F)cc1)NC(=O)OC1C2COC3OCC1C3O2)S(=O)(=O)c1ccc2ncsc2c1. The van der Waals surface area contributed by atoms with Gasteiger partial charge in [-0.25, -0.2) is 22.6 Å². The summed E-state index contributed by atoms with van der Waals surface area (Å²) < 4.78 is 66.4. The number of carbonyl (C=O) groups excluding carboxylic acids is 1. The molecule has 2 bridgehead atoms. The Bertz CT molecular complexity index is 1570. The molecular formula is C30H36FN3O8S2. The molecule has 3 aliphatic heterocycles. The maximum Gasteiger partial charge on any atom is 0.407 e. The Balaban J connectivity index is 1.22. The van der Waals surface area contributed by atoms with Gasteiger partial charge in [0, 0.05) is 13.1 Å². The van der Waals surface area contributed by atoms with Gasteiger partial charge >= 0.3 is 6.09 Å². The number of sulfonamides is 1. The molecule has 3 fully saturated rings. The standard InChI is InChI=1S/C30H36FN3O8S2/c1-17(2)9-10-34(44(37,38)20-7-8-22-26(12-20)43-16-32-22)13-24(35)23(11-18-3-5-19(31)6-4-18)33-30(36)42-27-21-14-39-29-28(21)41-25(27)15-40-29/h3-8,12,16-17,21,23-25,27-29,35H,9-11,13-15H2,1-2H3,(H,33,36)/t21?,23-,24+,25?,27?,28?,29?/m0/s1. The number of amides is 1. The van der Waals surface area contributed by atoms with E-state index in [9.17, 15) is 22.7 Å². The molecule has 0 spiro atoms. The number of aliphatic hydroxyl groups excluding tert-OH is 1. The maximum absolute atomic E-state index is 13.9. The van der Waals surface area contributed by atoms with Gasteiger partial charge in [-0.1, -0.05) is 26.0 Å². The number of hydrogen-bond donors (Lipinski definition) is 2. The Hall–Kier alpha value is -2.72. The van der Waals surface area contributed by atoms with Crippen LogP contribution in [0.3, 0.4) is 0 Å². The monoisotopic (exact) mass is 649 g/mol. The first kappa shape index (κ1) is 31.3. The first-order valence-electron chi connectivity index (χ1n) is 14.7. The third-order valence-corrected chi connectivity index (χ3v) is 11.0. The zero-order chi connectivity index (χ0) is 31.0. The second-order valence-electron chi connectivity index (χ2n) is 11.9. The van der Waals surface area contributed by atoms with E-state index < -0.39 is 52.6 Å². The van der Waals surface area contributed by atoms with E-state index in [2.05, 4.69) is 10.3 Å². The number of nitrogens with one attached hydrogen (secondary N) is 1. The topological polar surface area (TPSA) is 137 Å². The number of rotatable bonds is 12. The van der Waals surface area contributed by atoms with Gasteiger partial charge < -0.3 is 29.4 Å². The molecule has 14 heteroatoms. The Morgan fingerprint density at radius 3 is 2.75 bits per heavy atom. The number of halogens is 1. The number of aromatic nitrogens is 1. The second-order valence-corrected chi connectivity index (χ2v) is 14.7. The number of fused-ring (bicyclic) bond motifs is 2. The molecular weight excluding hydrogens is 613 g/mol. The summed E-state index contributed by atoms with van der Waals surface area (Å²) in [5.74, 6) is -0.395. The summed E-state index contributed by atoms with van der Waals surface area (Å²) in [4.78, 5) is 17.6. The molecule has 1 amide bonds. The van der Waals surface area contributed by atoms with Crippen LogP contribution in [0.25, 0.3) is 10.2 Å². The van der Waals surface area contributed by atoms with Crippen molar-refractivity contribution >= 4 is 37.7 Å². The summed E-state index contributed by atoms with van der Waals surface area (Å²) >= 11 is 1.34. The number of benzene rings is 2. The molecule has 238 valence electrons. The van der Waals surface area contributed by atoms with Gasteiger partial charge in [-0.3, -0.25) is 0 Å². The van der Waals surface area contributed by atoms with Crippen LogP contribution in [-0.2, 0) is 35.4 Å². The molecule has 5 unspecified atom stereocenters. The molecule has 1 aromatic heterocycles. The van der Waals surface area contributed by atoms with Crippen LogP contribution in [0.15, 0.2) is 52.9 Å². The number of thiazole rings is 1. The smallest absolute Gasteiger partial charge is 0.407 e. The summed E-state index contributed by atoms with van der Waals surface area (Å²) in [6.45, 7) is 4.42. The van der Waals surface area contributed by atoms with E-state index in [-0.39, 0.29) is 49.0 Å². The third kappa shape index (κ3) is 6.62. The molecule has 44 heavy (non-hydrogen) atoms. The first-order chi connectivity index (χ1) is 21.1. The third-order valence-electron chi connectivity index (χ3n) is 8.36. The second kappa shape index (κ2) is 12.9. The van der Waals surface area contributed by atoms with Crippen molar-refractivity contribution in [3.05, 3.63) is 59.4 Å². The highest BCUT2D eigenvalue weighted by Gasteiger charge is 2.58. The van der Waals surface area contributed by atoms with Crippen LogP contribution >= 0.6 is 11.3 Å². The number of nitrogens with zero attached hydrogens (tertiary/aromatic N) is 2. The Kier molecular flexibility index (Phi) is 9.20. The fraction of sp³-hybridized carbons (Fsp3) is 0.533. The molecule has 3 aliphatic rings. The van der Waals surface area contributed by atoms with Crippen LogP contribution in [0.4, 0.5) is 9.18 Å². The average Bonchev–Trinajstić information content (AvgIpc) is 3.70. The molecule has 3 aromatic rings. The minimum Gasteiger partial charge on any atom is -0.443 e. The van der Waals surface area contributed by atoms with Crippen molar-refractivity contribution in [1.29, 1.82) is 0 Å². The Morgan fingerprint density at radius 2 is 1.98 bits per heavy atom. The minimum absolute atomic E-state index is 0.0966. The van der Waals surface area contributed by atoms with E-state index in [1.54, 1.807) is 29.8 Å². The fourth-order valence-electron chi connectivity index (χ4n) is 5.89. The Labute approximate surface area is 259 Å². The van der Waals surface area contributed by atoms with Gasteiger partial charge in [-0.05, 0) is 54.7 Å². The zero-order valence-electron chi connectivity index (χ0n) is 24.4. The van der Waals surface area contributed by atoms with E-state index in [0.717, 1.165) is 4.70 Å². The van der Waals surface area contributed by atoms with E-state index in [4.69, 9.17) is 18.9 Å². The lowest BCUT2D eigenvalue weighted by Gasteiger charge is -2.31. The van der Waals surface area contributed by atoms with Crippen LogP contribution in [0.2, 0.25) is 0 Å². The van der Waals surface area contributed by atoms with Gasteiger partial charge in [0.05, 0.1) is 51.9 Å². The predicted octanol–water partition coefficient (Wildman–Crippen LogP) is 3.31. The van der Waals surface area contributed by atoms with Gasteiger partial charge in [0.15, 0.2) is 6.29 Å². The number of aliphatic hydroxyl groups is 1. The number of hydrogen-bond acceptors (Lipinski definition) is 10. The van der Waals surface area contributed by atoms with Crippen LogP contribution in [-0.4, -0.2) is 92.0 Å². The summed E-state index contributed by atoms with van der Waals surface area (Å²) in [5, 5.41) is 14.3. The van der Waals surface area contributed by atoms with Gasteiger partial charge in [0.2, 0.25) is 10.0 Å². The van der Waals surface area contributed by atoms with Crippen molar-refractivity contribution in [3.63, 3.8) is 0 Å². The molecule has 6 rings (SSSR count). The van der Waals surface area contributed by atoms with Crippen molar-refractivity contribution in [2.45, 2.75) is 68.3 Å². The van der Waals surface area contributed by atoms with Gasteiger partial charge in [-0.2, -0.15) is 4.31 Å². The highest BCUT2D eigenvalue weighted by Crippen LogP contribution is 2.41. The lowest BCUT2D eigenvalue weighted by Crippen LogP contribution is -2.52. The van der Waals surface area contributed by atoms with E-state index in [1.165, 1.54) is 33.8 Å². The summed E-state index contributed by atoms with van der Waals surface area (Å²) in [5.41, 5.74) is 3.00. The molecule has 0 aliphatic carbocycles. The molecule has 2 N–H and O–H groups in total. The average molecular weight is 650 g/mol. The van der Waals surface area contributed by atoms with Gasteiger partial charge in [0.1, 0.15) is 24.1 Å². The predicted molar refractivity (Wildman–Crippen MR) is 159 cm³/mol.